The van der Waals surface area contributed by atoms with Crippen LogP contribution in [0.25, 0.3) is 5.69 Å². The molecule has 0 radical (unpaired) electrons. The van der Waals surface area contributed by atoms with Crippen molar-refractivity contribution in [2.75, 3.05) is 11.1 Å². The summed E-state index contributed by atoms with van der Waals surface area (Å²) in [6.45, 7) is 3.29. The van der Waals surface area contributed by atoms with Crippen LogP contribution in [0, 0.1) is 12.7 Å². The van der Waals surface area contributed by atoms with E-state index in [0.717, 1.165) is 6.07 Å². The van der Waals surface area contributed by atoms with Gasteiger partial charge >= 0.3 is 0 Å². The highest BCUT2D eigenvalue weighted by molar-refractivity contribution is 6.05. The Labute approximate surface area is 199 Å². The number of nitrogens with two attached hydrogens (primary N) is 1. The summed E-state index contributed by atoms with van der Waals surface area (Å²) in [5.41, 5.74) is 5.91. The van der Waals surface area contributed by atoms with Crippen molar-refractivity contribution in [2.24, 2.45) is 0 Å². The molecular weight excluding hydrogens is 455 g/mol. The molecular formula is C24H23FN6O4. The summed E-state index contributed by atoms with van der Waals surface area (Å²) in [5, 5.41) is 12.5. The Kier molecular flexibility index (Phi) is 6.60. The van der Waals surface area contributed by atoms with Crippen molar-refractivity contribution in [1.82, 2.24) is 19.3 Å². The fraction of sp³-hybridized carbons (Fsp3) is 0.167. The molecule has 1 atom stereocenters. The minimum Gasteiger partial charge on any atom is -0.436 e. The monoisotopic (exact) mass is 478 g/mol. The van der Waals surface area contributed by atoms with Gasteiger partial charge < -0.3 is 20.9 Å². The molecule has 0 bridgehead atoms. The van der Waals surface area contributed by atoms with Gasteiger partial charge in [-0.2, -0.15) is 0 Å². The molecule has 10 nitrogen and oxygen atoms in total. The SMILES string of the molecule is Cc1c(C(=O)Nc2ccc(Oc3cc(N)ncn3)c(F)c2)c(=O)n(-c2ccccc2)n1CC(C)O. The van der Waals surface area contributed by atoms with Crippen molar-refractivity contribution in [1.29, 1.82) is 0 Å². The number of hydrogen-bond acceptors (Lipinski definition) is 7. The van der Waals surface area contributed by atoms with Crippen LogP contribution >= 0.6 is 0 Å². The van der Waals surface area contributed by atoms with Crippen LogP contribution in [0.4, 0.5) is 15.9 Å². The molecule has 0 aliphatic carbocycles. The van der Waals surface area contributed by atoms with E-state index in [-0.39, 0.29) is 35.2 Å². The minimum atomic E-state index is -0.766. The van der Waals surface area contributed by atoms with Gasteiger partial charge in [0.2, 0.25) is 5.88 Å². The molecule has 2 aromatic heterocycles. The first kappa shape index (κ1) is 23.6. The largest absolute Gasteiger partial charge is 0.436 e. The number of para-hydroxylation sites is 1. The third kappa shape index (κ3) is 5.04. The predicted octanol–water partition coefficient (Wildman–Crippen LogP) is 2.88. The number of aliphatic hydroxyl groups is 1. The molecule has 180 valence electrons. The molecule has 35 heavy (non-hydrogen) atoms. The highest BCUT2D eigenvalue weighted by Gasteiger charge is 2.24. The zero-order chi connectivity index (χ0) is 25.1. The standard InChI is InChI=1S/C24H23FN6O4/c1-14(32)12-30-15(2)22(24(34)31(30)17-6-4-3-5-7-17)23(33)29-16-8-9-19(18(25)10-16)35-21-11-20(26)27-13-28-21/h3-11,13-14,32H,12H2,1-2H3,(H,29,33)(H2,26,27,28). The third-order valence-electron chi connectivity index (χ3n) is 5.13. The normalized spacial score (nSPS) is 11.8. The fourth-order valence-corrected chi connectivity index (χ4v) is 3.58. The van der Waals surface area contributed by atoms with Gasteiger partial charge in [-0.3, -0.25) is 14.3 Å². The average molecular weight is 478 g/mol. The summed E-state index contributed by atoms with van der Waals surface area (Å²) in [5.74, 6) is -1.38. The number of carbonyl (C=O) groups excluding carboxylic acids is 1. The van der Waals surface area contributed by atoms with Gasteiger partial charge in [-0.05, 0) is 38.1 Å². The lowest BCUT2D eigenvalue weighted by Crippen LogP contribution is -2.27. The number of amides is 1. The zero-order valence-electron chi connectivity index (χ0n) is 19.0. The van der Waals surface area contributed by atoms with Gasteiger partial charge in [-0.1, -0.05) is 18.2 Å². The first-order valence-corrected chi connectivity index (χ1v) is 10.7. The highest BCUT2D eigenvalue weighted by atomic mass is 19.1. The number of hydrogen-bond donors (Lipinski definition) is 3. The Morgan fingerprint density at radius 3 is 2.60 bits per heavy atom. The van der Waals surface area contributed by atoms with E-state index in [1.165, 1.54) is 29.2 Å². The molecule has 0 saturated heterocycles. The number of nitrogens with zero attached hydrogens (tertiary/aromatic N) is 4. The van der Waals surface area contributed by atoms with E-state index in [9.17, 15) is 19.1 Å². The number of ether oxygens (including phenoxy) is 1. The molecule has 11 heteroatoms. The van der Waals surface area contributed by atoms with E-state index < -0.39 is 23.4 Å². The molecule has 2 heterocycles. The molecule has 0 fully saturated rings. The van der Waals surface area contributed by atoms with Crippen LogP contribution in [-0.4, -0.2) is 36.4 Å². The minimum absolute atomic E-state index is 0.0599. The maximum absolute atomic E-state index is 14.6. The molecule has 0 aliphatic rings. The first-order chi connectivity index (χ1) is 16.7. The predicted molar refractivity (Wildman–Crippen MR) is 127 cm³/mol. The number of halogens is 1. The Hall–Kier alpha value is -4.51. The van der Waals surface area contributed by atoms with E-state index in [4.69, 9.17) is 10.5 Å². The summed E-state index contributed by atoms with van der Waals surface area (Å²) in [4.78, 5) is 33.9. The Bertz CT molecular complexity index is 1430. The maximum atomic E-state index is 14.6. The topological polar surface area (TPSA) is 137 Å². The second-order valence-corrected chi connectivity index (χ2v) is 7.83. The van der Waals surface area contributed by atoms with Crippen LogP contribution in [0.3, 0.4) is 0 Å². The van der Waals surface area contributed by atoms with E-state index in [2.05, 4.69) is 15.3 Å². The second kappa shape index (κ2) is 9.77. The van der Waals surface area contributed by atoms with Crippen LogP contribution in [0.15, 0.2) is 65.7 Å². The molecule has 4 N–H and O–H groups in total. The van der Waals surface area contributed by atoms with Gasteiger partial charge in [0, 0.05) is 17.8 Å². The Morgan fingerprint density at radius 2 is 1.94 bits per heavy atom. The second-order valence-electron chi connectivity index (χ2n) is 7.83. The van der Waals surface area contributed by atoms with Gasteiger partial charge in [-0.25, -0.2) is 19.0 Å². The third-order valence-corrected chi connectivity index (χ3v) is 5.13. The Balaban J connectivity index is 1.63. The van der Waals surface area contributed by atoms with Crippen molar-refractivity contribution < 1.29 is 19.0 Å². The first-order valence-electron chi connectivity index (χ1n) is 10.7. The number of benzene rings is 2. The summed E-state index contributed by atoms with van der Waals surface area (Å²) < 4.78 is 22.9. The smallest absolute Gasteiger partial charge is 0.284 e. The summed E-state index contributed by atoms with van der Waals surface area (Å²) in [6, 6.07) is 13.9. The number of rotatable bonds is 7. The number of aliphatic hydroxyl groups excluding tert-OH is 1. The highest BCUT2D eigenvalue weighted by Crippen LogP contribution is 2.26. The number of nitrogens with one attached hydrogen (secondary N) is 1. The number of aromatic nitrogens is 4. The van der Waals surface area contributed by atoms with Gasteiger partial charge in [0.15, 0.2) is 11.6 Å². The maximum Gasteiger partial charge on any atom is 0.284 e. The summed E-state index contributed by atoms with van der Waals surface area (Å²) >= 11 is 0. The lowest BCUT2D eigenvalue weighted by molar-refractivity contribution is 0.102. The van der Waals surface area contributed by atoms with Gasteiger partial charge in [0.1, 0.15) is 17.7 Å². The zero-order valence-corrected chi connectivity index (χ0v) is 19.0. The van der Waals surface area contributed by atoms with Crippen LogP contribution < -0.4 is 21.3 Å². The quantitative estimate of drug-likeness (QED) is 0.371. The molecule has 0 saturated carbocycles. The van der Waals surface area contributed by atoms with Gasteiger partial charge in [0.25, 0.3) is 11.5 Å². The van der Waals surface area contributed by atoms with Gasteiger partial charge in [0.05, 0.1) is 24.0 Å². The number of carbonyl (C=O) groups is 1. The van der Waals surface area contributed by atoms with E-state index in [1.807, 2.05) is 0 Å². The summed E-state index contributed by atoms with van der Waals surface area (Å²) in [6.07, 6.45) is 0.420. The Morgan fingerprint density at radius 1 is 1.20 bits per heavy atom. The molecule has 4 aromatic rings. The number of nitrogen functional groups attached to an aromatic ring is 1. The lowest BCUT2D eigenvalue weighted by Gasteiger charge is -2.15. The molecule has 0 spiro atoms. The van der Waals surface area contributed by atoms with Crippen molar-refractivity contribution in [2.45, 2.75) is 26.5 Å². The van der Waals surface area contributed by atoms with Crippen molar-refractivity contribution in [3.8, 4) is 17.3 Å². The van der Waals surface area contributed by atoms with E-state index in [1.54, 1.807) is 48.9 Å². The lowest BCUT2D eigenvalue weighted by atomic mass is 10.2. The van der Waals surface area contributed by atoms with Gasteiger partial charge in [-0.15, -0.1) is 0 Å². The number of anilines is 2. The van der Waals surface area contributed by atoms with Crippen molar-refractivity contribution in [3.63, 3.8) is 0 Å². The summed E-state index contributed by atoms with van der Waals surface area (Å²) in [7, 11) is 0. The van der Waals surface area contributed by atoms with Crippen LogP contribution in [-0.2, 0) is 6.54 Å². The van der Waals surface area contributed by atoms with Crippen LogP contribution in [0.1, 0.15) is 23.0 Å². The fourth-order valence-electron chi connectivity index (χ4n) is 3.58. The average Bonchev–Trinajstić information content (AvgIpc) is 3.05. The molecule has 4 rings (SSSR count). The van der Waals surface area contributed by atoms with E-state index in [0.29, 0.717) is 11.4 Å². The molecule has 1 amide bonds. The van der Waals surface area contributed by atoms with Crippen LogP contribution in [0.5, 0.6) is 11.6 Å². The van der Waals surface area contributed by atoms with Crippen molar-refractivity contribution >= 4 is 17.4 Å². The van der Waals surface area contributed by atoms with Crippen molar-refractivity contribution in [3.05, 3.63) is 88.4 Å². The molecule has 1 unspecified atom stereocenters. The molecule has 2 aromatic carbocycles. The van der Waals surface area contributed by atoms with E-state index >= 15 is 0 Å². The van der Waals surface area contributed by atoms with Crippen LogP contribution in [0.2, 0.25) is 0 Å². The molecule has 0 aliphatic heterocycles.